The summed E-state index contributed by atoms with van der Waals surface area (Å²) in [6.45, 7) is 0. The highest BCUT2D eigenvalue weighted by Crippen LogP contribution is 2.49. The lowest BCUT2D eigenvalue weighted by atomic mass is 9.94. The van der Waals surface area contributed by atoms with Gasteiger partial charge in [-0.3, -0.25) is 0 Å². The maximum absolute atomic E-state index is 2.45. The Morgan fingerprint density at radius 3 is 0.541 bits per heavy atom. The summed E-state index contributed by atoms with van der Waals surface area (Å²) in [5.41, 5.74) is 47.6. The van der Waals surface area contributed by atoms with Gasteiger partial charge in [0.05, 0.1) is 44.1 Å². The van der Waals surface area contributed by atoms with Gasteiger partial charge in [0, 0.05) is 65.8 Å². The van der Waals surface area contributed by atoms with Gasteiger partial charge in [0.2, 0.25) is 0 Å². The number of rotatable bonds is 18. The Morgan fingerprint density at radius 1 is 0.0878 bits per heavy atom. The van der Waals surface area contributed by atoms with Crippen molar-refractivity contribution in [2.24, 2.45) is 0 Å². The fraction of sp³-hybridized carbons (Fsp3) is 0. The van der Waals surface area contributed by atoms with Gasteiger partial charge in [-0.25, -0.2) is 0 Å². The highest BCUT2D eigenvalue weighted by molar-refractivity contribution is 6.21. The summed E-state index contributed by atoms with van der Waals surface area (Å²) in [6, 6.07) is 213. The van der Waals surface area contributed by atoms with E-state index >= 15 is 0 Å². The Labute approximate surface area is 860 Å². The van der Waals surface area contributed by atoms with Crippen molar-refractivity contribution >= 4 is 87.2 Å². The minimum atomic E-state index is 1.13. The van der Waals surface area contributed by atoms with Crippen molar-refractivity contribution in [2.75, 3.05) is 0 Å². The van der Waals surface area contributed by atoms with Crippen LogP contribution in [-0.4, -0.2) is 18.3 Å². The normalized spacial score (nSPS) is 11.5. The van der Waals surface area contributed by atoms with E-state index in [-0.39, 0.29) is 0 Å². The van der Waals surface area contributed by atoms with E-state index in [1.807, 2.05) is 0 Å². The van der Waals surface area contributed by atoms with E-state index in [2.05, 4.69) is 601 Å². The smallest absolute Gasteiger partial charge is 0.0547 e. The molecule has 148 heavy (non-hydrogen) atoms. The number of para-hydroxylation sites is 1. The molecule has 0 amide bonds. The summed E-state index contributed by atoms with van der Waals surface area (Å²) in [5, 5.41) is 9.89. The SMILES string of the molecule is c1ccc(-c2ccc(-n3c4ccc(-c5ccc(-c6ccc7c(c6)c6c(-c8ccccc8)cccc6n7-c6cccc(-c7ccccc7)c6)cc5)cc4c4c(-c5cccc(-c6ccccc6)c5)cccc43)cc2)cc1.c1ccc(-c2cccc(-c3cccc4c3c3cc(-c5ccc(-c6ccc7c(c6)c6c(-c8cccc(-c9ccccc9)c8)cccc6n7-c6cccc(-c7ccccc7)c6)cc5)ccc3n4-c3ccccc3)c2)cc1. The summed E-state index contributed by atoms with van der Waals surface area (Å²) >= 11 is 0. The van der Waals surface area contributed by atoms with Gasteiger partial charge in [0.15, 0.2) is 0 Å². The van der Waals surface area contributed by atoms with E-state index < -0.39 is 0 Å². The van der Waals surface area contributed by atoms with Gasteiger partial charge < -0.3 is 18.3 Å². The van der Waals surface area contributed by atoms with Crippen LogP contribution in [-0.2, 0) is 0 Å². The van der Waals surface area contributed by atoms with Crippen LogP contribution in [0.4, 0.5) is 0 Å². The van der Waals surface area contributed by atoms with E-state index in [1.54, 1.807) is 0 Å². The molecule has 0 bridgehead atoms. The second-order valence-corrected chi connectivity index (χ2v) is 38.5. The standard InChI is InChI=1S/2C72H48N2/c1-5-18-49(19-6-1)54-24-13-27-59(44-54)63-32-16-34-69-71(63)65-47-57(40-42-67(65)73(69)61-29-11-4-12-30-61)52-36-38-53(39-37-52)58-41-43-68-66(48-58)72-64(60-28-14-25-55(45-60)50-20-7-2-8-21-50)33-17-35-70(72)74(68)62-31-15-26-56(46-62)51-22-9-3-10-23-51;1-5-17-49(18-6-1)52-37-41-61(42-38-52)73-67-43-39-58(47-65(67)72-64(30-16-31-69(72)73)60-27-13-25-56(45-60)50-19-7-2-8-20-50)53-33-35-54(36-34-53)59-40-44-68-66(48-59)71-63(55-23-11-4-12-24-55)29-15-32-70(71)74(68)62-28-14-26-57(46-62)51-21-9-3-10-22-51/h2*1-48H. The van der Waals surface area contributed by atoms with E-state index in [4.69, 9.17) is 0 Å². The number of fused-ring (bicyclic) bond motifs is 12. The molecule has 0 atom stereocenters. The number of benzene rings is 24. The molecule has 28 aromatic rings. The number of hydrogen-bond acceptors (Lipinski definition) is 0. The summed E-state index contributed by atoms with van der Waals surface area (Å²) < 4.78 is 9.74. The van der Waals surface area contributed by atoms with Crippen LogP contribution in [0.15, 0.2) is 582 Å². The zero-order valence-corrected chi connectivity index (χ0v) is 81.2. The van der Waals surface area contributed by atoms with Crippen LogP contribution in [0, 0.1) is 0 Å². The quantitative estimate of drug-likeness (QED) is 0.0816. The van der Waals surface area contributed by atoms with Crippen LogP contribution >= 0.6 is 0 Å². The molecule has 0 saturated carbocycles. The van der Waals surface area contributed by atoms with Crippen LogP contribution in [0.1, 0.15) is 0 Å². The van der Waals surface area contributed by atoms with Gasteiger partial charge in [-0.05, 0) is 295 Å². The summed E-state index contributed by atoms with van der Waals surface area (Å²) in [7, 11) is 0. The van der Waals surface area contributed by atoms with Gasteiger partial charge in [-0.2, -0.15) is 0 Å². The van der Waals surface area contributed by atoms with Gasteiger partial charge >= 0.3 is 0 Å². The third-order valence-electron chi connectivity index (χ3n) is 29.9. The minimum absolute atomic E-state index is 1.13. The van der Waals surface area contributed by atoms with E-state index in [0.717, 1.165) is 22.7 Å². The molecule has 0 aliphatic rings. The molecular weight excluding hydrogens is 1790 g/mol. The number of aromatic nitrogens is 4. The maximum Gasteiger partial charge on any atom is 0.0547 e. The highest BCUT2D eigenvalue weighted by Gasteiger charge is 2.26. The largest absolute Gasteiger partial charge is 0.309 e. The first-order chi connectivity index (χ1) is 73.4. The molecule has 28 rings (SSSR count). The molecule has 0 unspecified atom stereocenters. The third-order valence-corrected chi connectivity index (χ3v) is 29.9. The molecule has 0 saturated heterocycles. The van der Waals surface area contributed by atoms with E-state index in [1.165, 1.54) is 243 Å². The van der Waals surface area contributed by atoms with Gasteiger partial charge in [-0.1, -0.05) is 443 Å². The van der Waals surface area contributed by atoms with Gasteiger partial charge in [-0.15, -0.1) is 0 Å². The van der Waals surface area contributed by atoms with Crippen LogP contribution in [0.25, 0.3) is 266 Å². The molecule has 0 aliphatic carbocycles. The first-order valence-corrected chi connectivity index (χ1v) is 51.0. The summed E-state index contributed by atoms with van der Waals surface area (Å²) in [6.07, 6.45) is 0. The molecular formula is C144H96N4. The molecule has 0 N–H and O–H groups in total. The molecule has 692 valence electrons. The van der Waals surface area contributed by atoms with Crippen molar-refractivity contribution in [2.45, 2.75) is 0 Å². The third kappa shape index (κ3) is 16.0. The Morgan fingerprint density at radius 2 is 0.257 bits per heavy atom. The fourth-order valence-electron chi connectivity index (χ4n) is 22.8. The molecule has 4 nitrogen and oxygen atoms in total. The van der Waals surface area contributed by atoms with E-state index in [0.29, 0.717) is 0 Å². The van der Waals surface area contributed by atoms with Crippen molar-refractivity contribution in [3.63, 3.8) is 0 Å². The predicted octanol–water partition coefficient (Wildman–Crippen LogP) is 39.1. The number of nitrogens with zero attached hydrogens (tertiary/aromatic N) is 4. The van der Waals surface area contributed by atoms with Crippen molar-refractivity contribution < 1.29 is 0 Å². The Bertz CT molecular complexity index is 9870. The number of hydrogen-bond donors (Lipinski definition) is 0. The average Bonchev–Trinajstić information content (AvgIpc) is 1.59. The van der Waals surface area contributed by atoms with E-state index in [9.17, 15) is 0 Å². The molecule has 0 aliphatic heterocycles. The van der Waals surface area contributed by atoms with Crippen molar-refractivity contribution in [1.29, 1.82) is 0 Å². The fourth-order valence-corrected chi connectivity index (χ4v) is 22.8. The lowest BCUT2D eigenvalue weighted by molar-refractivity contribution is 1.18. The molecule has 24 aromatic carbocycles. The zero-order valence-electron chi connectivity index (χ0n) is 81.2. The Balaban J connectivity index is 0.000000146. The van der Waals surface area contributed by atoms with Crippen LogP contribution in [0.2, 0.25) is 0 Å². The first kappa shape index (κ1) is 87.5. The second kappa shape index (κ2) is 37.7. The van der Waals surface area contributed by atoms with Crippen LogP contribution in [0.5, 0.6) is 0 Å². The van der Waals surface area contributed by atoms with Crippen molar-refractivity contribution in [3.05, 3.63) is 582 Å². The maximum atomic E-state index is 2.45. The van der Waals surface area contributed by atoms with Crippen molar-refractivity contribution in [3.8, 4) is 179 Å². The van der Waals surface area contributed by atoms with Crippen LogP contribution < -0.4 is 0 Å². The lowest BCUT2D eigenvalue weighted by Gasteiger charge is -2.11. The minimum Gasteiger partial charge on any atom is -0.309 e. The predicted molar refractivity (Wildman–Crippen MR) is 626 cm³/mol. The molecule has 0 spiro atoms. The highest BCUT2D eigenvalue weighted by atomic mass is 15.0. The van der Waals surface area contributed by atoms with Gasteiger partial charge in [0.1, 0.15) is 0 Å². The Hall–Kier alpha value is -19.5. The molecule has 4 heterocycles. The molecule has 0 fully saturated rings. The molecule has 0 radical (unpaired) electrons. The first-order valence-electron chi connectivity index (χ1n) is 51.0. The van der Waals surface area contributed by atoms with Crippen LogP contribution in [0.3, 0.4) is 0 Å². The topological polar surface area (TPSA) is 19.7 Å². The Kier molecular flexibility index (Phi) is 22.3. The second-order valence-electron chi connectivity index (χ2n) is 38.5. The average molecular weight is 1880 g/mol. The van der Waals surface area contributed by atoms with Crippen molar-refractivity contribution in [1.82, 2.24) is 18.3 Å². The molecule has 4 heteroatoms. The lowest BCUT2D eigenvalue weighted by Crippen LogP contribution is -1.94. The summed E-state index contributed by atoms with van der Waals surface area (Å²) in [4.78, 5) is 0. The monoisotopic (exact) mass is 1880 g/mol. The zero-order chi connectivity index (χ0) is 97.9. The van der Waals surface area contributed by atoms with Gasteiger partial charge in [0.25, 0.3) is 0 Å². The molecule has 4 aromatic heterocycles. The summed E-state index contributed by atoms with van der Waals surface area (Å²) in [5.74, 6) is 0.